The molecule has 0 atom stereocenters. The molecule has 3 aromatic heterocycles. The van der Waals surface area contributed by atoms with Crippen molar-refractivity contribution in [2.75, 3.05) is 11.1 Å². The predicted molar refractivity (Wildman–Crippen MR) is 143 cm³/mol. The van der Waals surface area contributed by atoms with Crippen LogP contribution in [0.2, 0.25) is 5.02 Å². The normalized spacial score (nSPS) is 18.5. The average molecular weight is 507 g/mol. The SMILES string of the molecule is Cc1nc(N)ccc1-c1cc2c(NC3CCC(N)CC3)c(C(N)=Nc3cc(F)ccc3Cl)cnn2c1. The zero-order valence-electron chi connectivity index (χ0n) is 19.9. The third-order valence-corrected chi connectivity index (χ3v) is 6.92. The molecule has 0 radical (unpaired) electrons. The van der Waals surface area contributed by atoms with Crippen molar-refractivity contribution in [2.24, 2.45) is 16.5 Å². The van der Waals surface area contributed by atoms with E-state index in [1.807, 2.05) is 25.3 Å². The molecule has 1 saturated carbocycles. The largest absolute Gasteiger partial charge is 0.384 e. The van der Waals surface area contributed by atoms with Crippen LogP contribution < -0.4 is 22.5 Å². The summed E-state index contributed by atoms with van der Waals surface area (Å²) in [6, 6.07) is 10.2. The monoisotopic (exact) mass is 506 g/mol. The first kappa shape index (κ1) is 24.0. The Kier molecular flexibility index (Phi) is 6.51. The molecule has 0 aliphatic heterocycles. The second-order valence-corrected chi connectivity index (χ2v) is 9.62. The van der Waals surface area contributed by atoms with Gasteiger partial charge in [-0.25, -0.2) is 18.9 Å². The summed E-state index contributed by atoms with van der Waals surface area (Å²) in [5.41, 5.74) is 23.6. The van der Waals surface area contributed by atoms with Gasteiger partial charge in [0, 0.05) is 41.2 Å². The second-order valence-electron chi connectivity index (χ2n) is 9.21. The summed E-state index contributed by atoms with van der Waals surface area (Å²) in [5, 5.41) is 8.57. The van der Waals surface area contributed by atoms with Crippen molar-refractivity contribution in [3.8, 4) is 11.1 Å². The first-order chi connectivity index (χ1) is 17.3. The van der Waals surface area contributed by atoms with E-state index in [1.165, 1.54) is 18.2 Å². The molecule has 8 nitrogen and oxygen atoms in total. The Bertz CT molecular complexity index is 1460. The standard InChI is InChI=1S/C26H28ClFN8/c1-14-19(7-9-24(30)33-14)15-10-23-25(34-18-5-3-17(29)4-6-18)20(12-32-36(23)13-15)26(31)35-22-11-16(28)2-8-21(22)27/h2,7-13,17-18,34H,3-6,29H2,1H3,(H2,30,33)(H2,31,35). The van der Waals surface area contributed by atoms with E-state index in [-0.39, 0.29) is 23.6 Å². The molecule has 4 aromatic rings. The Morgan fingerprint density at radius 2 is 1.94 bits per heavy atom. The lowest BCUT2D eigenvalue weighted by molar-refractivity contribution is 0.411. The third-order valence-electron chi connectivity index (χ3n) is 6.60. The van der Waals surface area contributed by atoms with Gasteiger partial charge in [-0.3, -0.25) is 0 Å². The van der Waals surface area contributed by atoms with Crippen LogP contribution in [0, 0.1) is 12.7 Å². The van der Waals surface area contributed by atoms with Crippen molar-refractivity contribution in [1.82, 2.24) is 14.6 Å². The van der Waals surface area contributed by atoms with Crippen LogP contribution in [0.5, 0.6) is 0 Å². The number of nitrogens with zero attached hydrogens (tertiary/aromatic N) is 4. The number of nitrogens with one attached hydrogen (secondary N) is 1. The summed E-state index contributed by atoms with van der Waals surface area (Å²) >= 11 is 6.24. The number of anilines is 2. The molecule has 10 heteroatoms. The summed E-state index contributed by atoms with van der Waals surface area (Å²) in [5.74, 6) is 0.207. The molecular weight excluding hydrogens is 479 g/mol. The maximum Gasteiger partial charge on any atom is 0.135 e. The second kappa shape index (κ2) is 9.75. The molecule has 0 bridgehead atoms. The van der Waals surface area contributed by atoms with Crippen molar-refractivity contribution in [3.05, 3.63) is 70.9 Å². The topological polar surface area (TPSA) is 133 Å². The maximum atomic E-state index is 13.8. The number of amidine groups is 1. The van der Waals surface area contributed by atoms with Gasteiger partial charge >= 0.3 is 0 Å². The van der Waals surface area contributed by atoms with E-state index in [0.717, 1.165) is 53.7 Å². The van der Waals surface area contributed by atoms with Gasteiger partial charge in [-0.2, -0.15) is 5.10 Å². The number of aromatic nitrogens is 3. The first-order valence-corrected chi connectivity index (χ1v) is 12.2. The molecule has 7 N–H and O–H groups in total. The van der Waals surface area contributed by atoms with Gasteiger partial charge in [-0.15, -0.1) is 0 Å². The maximum absolute atomic E-state index is 13.8. The molecule has 1 aliphatic carbocycles. The van der Waals surface area contributed by atoms with Gasteiger partial charge in [0.1, 0.15) is 17.5 Å². The minimum atomic E-state index is -0.444. The molecule has 5 rings (SSSR count). The van der Waals surface area contributed by atoms with E-state index in [9.17, 15) is 4.39 Å². The van der Waals surface area contributed by atoms with E-state index >= 15 is 0 Å². The minimum Gasteiger partial charge on any atom is -0.384 e. The van der Waals surface area contributed by atoms with Gasteiger partial charge in [0.2, 0.25) is 0 Å². The van der Waals surface area contributed by atoms with Gasteiger partial charge in [0.15, 0.2) is 0 Å². The van der Waals surface area contributed by atoms with Crippen LogP contribution in [0.1, 0.15) is 36.9 Å². The van der Waals surface area contributed by atoms with Crippen molar-refractivity contribution in [1.29, 1.82) is 0 Å². The highest BCUT2D eigenvalue weighted by atomic mass is 35.5. The van der Waals surface area contributed by atoms with E-state index in [4.69, 9.17) is 28.8 Å². The van der Waals surface area contributed by atoms with Gasteiger partial charge in [-0.05, 0) is 62.9 Å². The summed E-state index contributed by atoms with van der Waals surface area (Å²) in [6.07, 6.45) is 7.37. The lowest BCUT2D eigenvalue weighted by atomic mass is 9.91. The Balaban J connectivity index is 1.62. The highest BCUT2D eigenvalue weighted by molar-refractivity contribution is 6.33. The number of nitrogen functional groups attached to an aromatic ring is 1. The van der Waals surface area contributed by atoms with Gasteiger partial charge in [-0.1, -0.05) is 11.6 Å². The molecule has 186 valence electrons. The van der Waals surface area contributed by atoms with Crippen LogP contribution in [0.4, 0.5) is 21.6 Å². The molecule has 0 saturated heterocycles. The van der Waals surface area contributed by atoms with Crippen LogP contribution >= 0.6 is 11.6 Å². The van der Waals surface area contributed by atoms with E-state index < -0.39 is 5.82 Å². The number of aliphatic imine (C=N–C) groups is 1. The molecular formula is C26H28ClFN8. The highest BCUT2D eigenvalue weighted by Gasteiger charge is 2.22. The minimum absolute atomic E-state index is 0.181. The van der Waals surface area contributed by atoms with Crippen molar-refractivity contribution >= 4 is 40.1 Å². The highest BCUT2D eigenvalue weighted by Crippen LogP contribution is 2.33. The zero-order valence-corrected chi connectivity index (χ0v) is 20.6. The molecule has 0 spiro atoms. The lowest BCUT2D eigenvalue weighted by Gasteiger charge is -2.28. The average Bonchev–Trinajstić information content (AvgIpc) is 3.27. The Labute approximate surface area is 213 Å². The van der Waals surface area contributed by atoms with Crippen molar-refractivity contribution in [2.45, 2.75) is 44.7 Å². The smallest absolute Gasteiger partial charge is 0.135 e. The number of pyridine rings is 1. The van der Waals surface area contributed by atoms with Crippen molar-refractivity contribution in [3.63, 3.8) is 0 Å². The van der Waals surface area contributed by atoms with Gasteiger partial charge in [0.25, 0.3) is 0 Å². The Morgan fingerprint density at radius 3 is 2.69 bits per heavy atom. The molecule has 0 amide bonds. The fourth-order valence-electron chi connectivity index (χ4n) is 4.66. The lowest BCUT2D eigenvalue weighted by Crippen LogP contribution is -2.33. The summed E-state index contributed by atoms with van der Waals surface area (Å²) in [6.45, 7) is 1.92. The number of aryl methyl sites for hydroxylation is 1. The van der Waals surface area contributed by atoms with Crippen LogP contribution in [0.3, 0.4) is 0 Å². The molecule has 0 unspecified atom stereocenters. The van der Waals surface area contributed by atoms with Crippen LogP contribution in [0.25, 0.3) is 16.6 Å². The number of halogens is 2. The summed E-state index contributed by atoms with van der Waals surface area (Å²) in [7, 11) is 0. The number of benzene rings is 1. The molecule has 1 aromatic carbocycles. The Hall–Kier alpha value is -3.69. The molecule has 3 heterocycles. The van der Waals surface area contributed by atoms with Crippen LogP contribution in [0.15, 0.2) is 53.8 Å². The Morgan fingerprint density at radius 1 is 1.17 bits per heavy atom. The molecule has 1 aliphatic rings. The number of hydrogen-bond acceptors (Lipinski definition) is 6. The van der Waals surface area contributed by atoms with E-state index in [1.54, 1.807) is 16.8 Å². The van der Waals surface area contributed by atoms with Gasteiger partial charge in [0.05, 0.1) is 33.7 Å². The summed E-state index contributed by atoms with van der Waals surface area (Å²) in [4.78, 5) is 8.83. The molecule has 36 heavy (non-hydrogen) atoms. The van der Waals surface area contributed by atoms with Crippen LogP contribution in [-0.2, 0) is 0 Å². The third kappa shape index (κ3) is 4.84. The first-order valence-electron chi connectivity index (χ1n) is 11.8. The number of fused-ring (bicyclic) bond motifs is 1. The number of nitrogens with two attached hydrogens (primary N) is 3. The van der Waals surface area contributed by atoms with Gasteiger partial charge < -0.3 is 22.5 Å². The zero-order chi connectivity index (χ0) is 25.4. The fourth-order valence-corrected chi connectivity index (χ4v) is 4.82. The fraction of sp³-hybridized carbons (Fsp3) is 0.269. The molecule has 1 fully saturated rings. The number of hydrogen-bond donors (Lipinski definition) is 4. The summed E-state index contributed by atoms with van der Waals surface area (Å²) < 4.78 is 15.6. The van der Waals surface area contributed by atoms with E-state index in [0.29, 0.717) is 16.4 Å². The predicted octanol–water partition coefficient (Wildman–Crippen LogP) is 4.80. The van der Waals surface area contributed by atoms with Crippen molar-refractivity contribution < 1.29 is 4.39 Å². The quantitative estimate of drug-likeness (QED) is 0.227. The number of rotatable bonds is 5. The van der Waals surface area contributed by atoms with E-state index in [2.05, 4.69) is 20.4 Å². The van der Waals surface area contributed by atoms with Crippen LogP contribution in [-0.4, -0.2) is 32.5 Å².